The number of carbonyl (C=O) groups is 2. The molecule has 7 nitrogen and oxygen atoms in total. The average molecular weight is 546 g/mol. The summed E-state index contributed by atoms with van der Waals surface area (Å²) in [6.45, 7) is 6.45. The standard InChI is InChI=1S/C33H43N3O4/c1-4-19-36(20-5-2)33(39)28-15-10-14-27(23-28)32(38)35-30(22-25-11-7-6-8-12-25)31(37)24-34-18-17-26-13-9-16-29(21-26)40-3/h6-16,21,23,30-31,34,37H,4-5,17-20,22,24H2,1-3H3,(H,35,38)/t30-,31?/m0/s1. The first kappa shape index (κ1) is 30.9. The predicted molar refractivity (Wildman–Crippen MR) is 160 cm³/mol. The maximum Gasteiger partial charge on any atom is 0.253 e. The second-order valence-electron chi connectivity index (χ2n) is 10.0. The molecule has 0 aliphatic rings. The van der Waals surface area contributed by atoms with Gasteiger partial charge in [0.2, 0.25) is 0 Å². The van der Waals surface area contributed by atoms with E-state index < -0.39 is 12.1 Å². The lowest BCUT2D eigenvalue weighted by Crippen LogP contribution is -2.49. The normalized spacial score (nSPS) is 12.4. The number of nitrogens with one attached hydrogen (secondary N) is 2. The van der Waals surface area contributed by atoms with Crippen molar-refractivity contribution in [2.45, 2.75) is 51.7 Å². The van der Waals surface area contributed by atoms with Gasteiger partial charge in [-0.15, -0.1) is 0 Å². The fourth-order valence-corrected chi connectivity index (χ4v) is 4.69. The Morgan fingerprint density at radius 3 is 2.25 bits per heavy atom. The van der Waals surface area contributed by atoms with Gasteiger partial charge >= 0.3 is 0 Å². The minimum atomic E-state index is -0.816. The van der Waals surface area contributed by atoms with Crippen molar-refractivity contribution >= 4 is 11.8 Å². The quantitative estimate of drug-likeness (QED) is 0.231. The summed E-state index contributed by atoms with van der Waals surface area (Å²) < 4.78 is 5.29. The fourth-order valence-electron chi connectivity index (χ4n) is 4.69. The summed E-state index contributed by atoms with van der Waals surface area (Å²) in [7, 11) is 1.65. The highest BCUT2D eigenvalue weighted by atomic mass is 16.5. The SMILES string of the molecule is CCCN(CCC)C(=O)c1cccc(C(=O)N[C@@H](Cc2ccccc2)C(O)CNCCc2cccc(OC)c2)c1. The molecule has 3 aromatic carbocycles. The molecule has 0 aliphatic heterocycles. The topological polar surface area (TPSA) is 90.9 Å². The molecular weight excluding hydrogens is 502 g/mol. The minimum absolute atomic E-state index is 0.0699. The van der Waals surface area contributed by atoms with Gasteiger partial charge in [-0.1, -0.05) is 62.4 Å². The molecule has 3 rings (SSSR count). The van der Waals surface area contributed by atoms with Gasteiger partial charge in [-0.2, -0.15) is 0 Å². The third-order valence-electron chi connectivity index (χ3n) is 6.80. The van der Waals surface area contributed by atoms with Crippen LogP contribution < -0.4 is 15.4 Å². The van der Waals surface area contributed by atoms with Crippen LogP contribution in [0.2, 0.25) is 0 Å². The molecule has 3 N–H and O–H groups in total. The molecule has 0 heterocycles. The second-order valence-corrected chi connectivity index (χ2v) is 10.0. The van der Waals surface area contributed by atoms with Crippen molar-refractivity contribution in [3.05, 3.63) is 101 Å². The van der Waals surface area contributed by atoms with Gasteiger partial charge in [0.1, 0.15) is 5.75 Å². The Labute approximate surface area is 238 Å². The van der Waals surface area contributed by atoms with Crippen molar-refractivity contribution in [1.82, 2.24) is 15.5 Å². The van der Waals surface area contributed by atoms with E-state index in [1.807, 2.05) is 73.3 Å². The molecule has 0 aromatic heterocycles. The third kappa shape index (κ3) is 9.50. The van der Waals surface area contributed by atoms with E-state index in [9.17, 15) is 14.7 Å². The number of hydrogen-bond acceptors (Lipinski definition) is 5. The van der Waals surface area contributed by atoms with Crippen LogP contribution >= 0.6 is 0 Å². The number of amides is 2. The average Bonchev–Trinajstić information content (AvgIpc) is 2.99. The Morgan fingerprint density at radius 1 is 0.875 bits per heavy atom. The molecule has 0 saturated carbocycles. The van der Waals surface area contributed by atoms with Crippen molar-refractivity contribution in [2.24, 2.45) is 0 Å². The second kappa shape index (κ2) is 16.4. The third-order valence-corrected chi connectivity index (χ3v) is 6.80. The monoisotopic (exact) mass is 545 g/mol. The van der Waals surface area contributed by atoms with Crippen molar-refractivity contribution < 1.29 is 19.4 Å². The summed E-state index contributed by atoms with van der Waals surface area (Å²) in [5.41, 5.74) is 3.05. The van der Waals surface area contributed by atoms with Crippen LogP contribution in [0, 0.1) is 0 Å². The molecule has 7 heteroatoms. The van der Waals surface area contributed by atoms with Gasteiger partial charge in [-0.05, 0) is 73.7 Å². The Hall–Kier alpha value is -3.68. The Morgan fingerprint density at radius 2 is 1.55 bits per heavy atom. The van der Waals surface area contributed by atoms with E-state index in [-0.39, 0.29) is 11.8 Å². The summed E-state index contributed by atoms with van der Waals surface area (Å²) in [5, 5.41) is 17.5. The molecule has 2 atom stereocenters. The Bertz CT molecular complexity index is 1200. The number of aliphatic hydroxyl groups is 1. The zero-order chi connectivity index (χ0) is 28.7. The molecule has 0 fully saturated rings. The number of nitrogens with zero attached hydrogens (tertiary/aromatic N) is 1. The largest absolute Gasteiger partial charge is 0.497 e. The van der Waals surface area contributed by atoms with Gasteiger partial charge in [0.25, 0.3) is 11.8 Å². The van der Waals surface area contributed by atoms with E-state index in [2.05, 4.69) is 10.6 Å². The lowest BCUT2D eigenvalue weighted by molar-refractivity contribution is 0.0755. The molecular formula is C33H43N3O4. The number of methoxy groups -OCH3 is 1. The van der Waals surface area contributed by atoms with Crippen molar-refractivity contribution in [3.8, 4) is 5.75 Å². The number of aliphatic hydroxyl groups excluding tert-OH is 1. The summed E-state index contributed by atoms with van der Waals surface area (Å²) in [4.78, 5) is 28.3. The lowest BCUT2D eigenvalue weighted by Gasteiger charge is -2.25. The van der Waals surface area contributed by atoms with Crippen LogP contribution in [0.1, 0.15) is 58.5 Å². The van der Waals surface area contributed by atoms with Crippen molar-refractivity contribution in [3.63, 3.8) is 0 Å². The highest BCUT2D eigenvalue weighted by Crippen LogP contribution is 2.14. The van der Waals surface area contributed by atoms with Gasteiger partial charge in [-0.25, -0.2) is 0 Å². The number of carbonyl (C=O) groups excluding carboxylic acids is 2. The molecule has 0 radical (unpaired) electrons. The molecule has 0 aliphatic carbocycles. The first-order valence-electron chi connectivity index (χ1n) is 14.2. The van der Waals surface area contributed by atoms with Crippen LogP contribution in [0.4, 0.5) is 0 Å². The molecule has 0 saturated heterocycles. The van der Waals surface area contributed by atoms with Crippen molar-refractivity contribution in [2.75, 3.05) is 33.3 Å². The Kier molecular flexibility index (Phi) is 12.7. The number of rotatable bonds is 16. The van der Waals surface area contributed by atoms with Gasteiger partial charge in [-0.3, -0.25) is 9.59 Å². The molecule has 1 unspecified atom stereocenters. The number of benzene rings is 3. The van der Waals surface area contributed by atoms with Crippen LogP contribution in [0.25, 0.3) is 0 Å². The zero-order valence-electron chi connectivity index (χ0n) is 23.9. The van der Waals surface area contributed by atoms with Crippen LogP contribution in [0.5, 0.6) is 5.75 Å². The van der Waals surface area contributed by atoms with Crippen LogP contribution in [-0.4, -0.2) is 67.3 Å². The predicted octanol–water partition coefficient (Wildman–Crippen LogP) is 4.49. The van der Waals surface area contributed by atoms with E-state index in [1.54, 1.807) is 31.4 Å². The van der Waals surface area contributed by atoms with Crippen LogP contribution in [-0.2, 0) is 12.8 Å². The maximum atomic E-state index is 13.3. The van der Waals surface area contributed by atoms with E-state index >= 15 is 0 Å². The van der Waals surface area contributed by atoms with E-state index in [0.717, 1.165) is 36.1 Å². The van der Waals surface area contributed by atoms with Gasteiger partial charge in [0.05, 0.1) is 19.3 Å². The summed E-state index contributed by atoms with van der Waals surface area (Å²) in [5.74, 6) is 0.431. The molecule has 0 spiro atoms. The molecule has 214 valence electrons. The summed E-state index contributed by atoms with van der Waals surface area (Å²) in [6.07, 6.45) is 2.19. The number of hydrogen-bond donors (Lipinski definition) is 3. The summed E-state index contributed by atoms with van der Waals surface area (Å²) in [6, 6.07) is 24.0. The van der Waals surface area contributed by atoms with E-state index in [4.69, 9.17) is 4.74 Å². The zero-order valence-corrected chi connectivity index (χ0v) is 23.9. The smallest absolute Gasteiger partial charge is 0.253 e. The maximum absolute atomic E-state index is 13.3. The van der Waals surface area contributed by atoms with E-state index in [0.29, 0.717) is 43.7 Å². The summed E-state index contributed by atoms with van der Waals surface area (Å²) >= 11 is 0. The highest BCUT2D eigenvalue weighted by Gasteiger charge is 2.23. The molecule has 0 bridgehead atoms. The minimum Gasteiger partial charge on any atom is -0.497 e. The van der Waals surface area contributed by atoms with Gasteiger partial charge in [0, 0.05) is 30.8 Å². The highest BCUT2D eigenvalue weighted by molar-refractivity contribution is 5.99. The van der Waals surface area contributed by atoms with Crippen LogP contribution in [0.3, 0.4) is 0 Å². The van der Waals surface area contributed by atoms with E-state index in [1.165, 1.54) is 0 Å². The Balaban J connectivity index is 1.67. The fraction of sp³-hybridized carbons (Fsp3) is 0.394. The van der Waals surface area contributed by atoms with Gasteiger partial charge < -0.3 is 25.4 Å². The first-order valence-corrected chi connectivity index (χ1v) is 14.2. The molecule has 2 amide bonds. The van der Waals surface area contributed by atoms with Crippen LogP contribution in [0.15, 0.2) is 78.9 Å². The van der Waals surface area contributed by atoms with Gasteiger partial charge in [0.15, 0.2) is 0 Å². The number of ether oxygens (including phenoxy) is 1. The molecule has 3 aromatic rings. The first-order chi connectivity index (χ1) is 19.4. The molecule has 40 heavy (non-hydrogen) atoms. The van der Waals surface area contributed by atoms with Crippen molar-refractivity contribution in [1.29, 1.82) is 0 Å². The lowest BCUT2D eigenvalue weighted by atomic mass is 10.00.